The van der Waals surface area contributed by atoms with E-state index >= 15 is 0 Å². The standard InChI is InChI=1S/C27H28O9/c1-16(27(31)18-7-10-22(32-2)24(14-18)33-3)35-23-11-8-19(15-25(23)34-4)36-26(30)12-6-17-5-9-20(28)21(29)13-17/h5-16,27-29,31H,1-4H3/b12-6+/t16-,27-/m1/s1. The van der Waals surface area contributed by atoms with Gasteiger partial charge in [-0.3, -0.25) is 0 Å². The predicted octanol–water partition coefficient (Wildman–Crippen LogP) is 4.24. The van der Waals surface area contributed by atoms with Crippen molar-refractivity contribution >= 4 is 12.0 Å². The second-order valence-corrected chi connectivity index (χ2v) is 7.70. The van der Waals surface area contributed by atoms with E-state index in [1.54, 1.807) is 31.2 Å². The third-order valence-electron chi connectivity index (χ3n) is 5.27. The average Bonchev–Trinajstić information content (AvgIpc) is 2.89. The van der Waals surface area contributed by atoms with Crippen molar-refractivity contribution in [2.24, 2.45) is 0 Å². The van der Waals surface area contributed by atoms with Gasteiger partial charge in [-0.1, -0.05) is 12.1 Å². The number of phenols is 2. The number of rotatable bonds is 10. The summed E-state index contributed by atoms with van der Waals surface area (Å²) in [6.45, 7) is 1.71. The zero-order chi connectivity index (χ0) is 26.2. The van der Waals surface area contributed by atoms with Gasteiger partial charge >= 0.3 is 5.97 Å². The van der Waals surface area contributed by atoms with Gasteiger partial charge in [0.15, 0.2) is 34.5 Å². The third-order valence-corrected chi connectivity index (χ3v) is 5.27. The van der Waals surface area contributed by atoms with E-state index in [1.165, 1.54) is 63.8 Å². The second-order valence-electron chi connectivity index (χ2n) is 7.70. The molecule has 0 fully saturated rings. The van der Waals surface area contributed by atoms with Gasteiger partial charge < -0.3 is 39.0 Å². The maximum absolute atomic E-state index is 12.2. The number of ether oxygens (including phenoxy) is 5. The number of hydrogen-bond donors (Lipinski definition) is 3. The molecule has 0 aromatic heterocycles. The van der Waals surface area contributed by atoms with Crippen LogP contribution in [0.2, 0.25) is 0 Å². The summed E-state index contributed by atoms with van der Waals surface area (Å²) in [5, 5.41) is 29.7. The van der Waals surface area contributed by atoms with E-state index in [0.29, 0.717) is 34.1 Å². The van der Waals surface area contributed by atoms with Crippen molar-refractivity contribution in [2.75, 3.05) is 21.3 Å². The van der Waals surface area contributed by atoms with Gasteiger partial charge in [0.2, 0.25) is 0 Å². The van der Waals surface area contributed by atoms with Crippen LogP contribution >= 0.6 is 0 Å². The van der Waals surface area contributed by atoms with Crippen LogP contribution in [0, 0.1) is 0 Å². The van der Waals surface area contributed by atoms with Crippen LogP contribution in [0.5, 0.6) is 40.2 Å². The highest BCUT2D eigenvalue weighted by Gasteiger charge is 2.21. The molecule has 0 aliphatic carbocycles. The summed E-state index contributed by atoms with van der Waals surface area (Å²) in [5.41, 5.74) is 1.09. The fraction of sp³-hybridized carbons (Fsp3) is 0.222. The Bertz CT molecular complexity index is 1240. The number of methoxy groups -OCH3 is 3. The highest BCUT2D eigenvalue weighted by atomic mass is 16.5. The maximum atomic E-state index is 12.2. The molecule has 3 rings (SSSR count). The van der Waals surface area contributed by atoms with Crippen LogP contribution in [0.4, 0.5) is 0 Å². The minimum atomic E-state index is -0.975. The van der Waals surface area contributed by atoms with E-state index in [1.807, 2.05) is 0 Å². The smallest absolute Gasteiger partial charge is 0.336 e. The molecule has 0 unspecified atom stereocenters. The Hall–Kier alpha value is -4.37. The van der Waals surface area contributed by atoms with E-state index in [9.17, 15) is 20.1 Å². The lowest BCUT2D eigenvalue weighted by molar-refractivity contribution is -0.128. The minimum absolute atomic E-state index is 0.218. The van der Waals surface area contributed by atoms with E-state index in [0.717, 1.165) is 0 Å². The molecule has 0 heterocycles. The molecule has 190 valence electrons. The van der Waals surface area contributed by atoms with Crippen molar-refractivity contribution in [1.82, 2.24) is 0 Å². The monoisotopic (exact) mass is 496 g/mol. The number of aromatic hydroxyl groups is 2. The molecular formula is C27H28O9. The lowest BCUT2D eigenvalue weighted by atomic mass is 10.0. The van der Waals surface area contributed by atoms with Crippen LogP contribution in [0.15, 0.2) is 60.7 Å². The summed E-state index contributed by atoms with van der Waals surface area (Å²) in [7, 11) is 4.49. The first-order valence-electron chi connectivity index (χ1n) is 10.9. The van der Waals surface area contributed by atoms with Crippen LogP contribution in [-0.2, 0) is 4.79 Å². The van der Waals surface area contributed by atoms with Crippen LogP contribution < -0.4 is 23.7 Å². The molecule has 0 bridgehead atoms. The van der Waals surface area contributed by atoms with Gasteiger partial charge in [0.25, 0.3) is 0 Å². The Labute approximate surface area is 208 Å². The summed E-state index contributed by atoms with van der Waals surface area (Å²) < 4.78 is 27.1. The first-order valence-corrected chi connectivity index (χ1v) is 10.9. The maximum Gasteiger partial charge on any atom is 0.336 e. The molecule has 36 heavy (non-hydrogen) atoms. The summed E-state index contributed by atoms with van der Waals surface area (Å²) in [6, 6.07) is 13.8. The lowest BCUT2D eigenvalue weighted by Gasteiger charge is -2.23. The summed E-state index contributed by atoms with van der Waals surface area (Å²) in [5.74, 6) is 0.696. The molecule has 3 aromatic rings. The second kappa shape index (κ2) is 11.9. The van der Waals surface area contributed by atoms with Crippen molar-refractivity contribution in [1.29, 1.82) is 0 Å². The number of hydrogen-bond acceptors (Lipinski definition) is 9. The van der Waals surface area contributed by atoms with Gasteiger partial charge in [-0.15, -0.1) is 0 Å². The molecule has 9 nitrogen and oxygen atoms in total. The van der Waals surface area contributed by atoms with Crippen LogP contribution in [0.3, 0.4) is 0 Å². The van der Waals surface area contributed by atoms with Crippen molar-refractivity contribution in [3.8, 4) is 40.2 Å². The van der Waals surface area contributed by atoms with Gasteiger partial charge in [0.1, 0.15) is 18.0 Å². The van der Waals surface area contributed by atoms with Crippen LogP contribution in [0.1, 0.15) is 24.2 Å². The van der Waals surface area contributed by atoms with E-state index < -0.39 is 18.2 Å². The number of esters is 1. The molecule has 0 saturated heterocycles. The van der Waals surface area contributed by atoms with Crippen molar-refractivity contribution in [3.05, 3.63) is 71.8 Å². The summed E-state index contributed by atoms with van der Waals surface area (Å²) in [4.78, 5) is 12.2. The SMILES string of the molecule is COc1ccc([C@H](O)[C@@H](C)Oc2ccc(OC(=O)/C=C/c3ccc(O)c(O)c3)cc2OC)cc1OC. The van der Waals surface area contributed by atoms with Gasteiger partial charge in [-0.25, -0.2) is 4.79 Å². The normalized spacial score (nSPS) is 12.6. The van der Waals surface area contributed by atoms with Gasteiger partial charge in [-0.05, 0) is 60.5 Å². The predicted molar refractivity (Wildman–Crippen MR) is 132 cm³/mol. The van der Waals surface area contributed by atoms with Gasteiger partial charge in [0, 0.05) is 12.1 Å². The Morgan fingerprint density at radius 3 is 2.14 bits per heavy atom. The lowest BCUT2D eigenvalue weighted by Crippen LogP contribution is -2.22. The fourth-order valence-electron chi connectivity index (χ4n) is 3.34. The van der Waals surface area contributed by atoms with Gasteiger partial charge in [0.05, 0.1) is 21.3 Å². The average molecular weight is 497 g/mol. The van der Waals surface area contributed by atoms with Crippen molar-refractivity contribution in [3.63, 3.8) is 0 Å². The number of carbonyl (C=O) groups is 1. The largest absolute Gasteiger partial charge is 0.504 e. The zero-order valence-corrected chi connectivity index (χ0v) is 20.3. The van der Waals surface area contributed by atoms with Crippen LogP contribution in [0.25, 0.3) is 6.08 Å². The van der Waals surface area contributed by atoms with Crippen molar-refractivity contribution < 1.29 is 43.8 Å². The number of aliphatic hydroxyl groups is 1. The third kappa shape index (κ3) is 6.39. The Balaban J connectivity index is 1.68. The molecule has 0 aliphatic rings. The molecule has 2 atom stereocenters. The quantitative estimate of drug-likeness (QED) is 0.164. The van der Waals surface area contributed by atoms with Gasteiger partial charge in [-0.2, -0.15) is 0 Å². The molecule has 9 heteroatoms. The fourth-order valence-corrected chi connectivity index (χ4v) is 3.34. The van der Waals surface area contributed by atoms with Crippen LogP contribution in [-0.4, -0.2) is 48.7 Å². The molecule has 0 saturated carbocycles. The number of aliphatic hydroxyl groups excluding tert-OH is 1. The minimum Gasteiger partial charge on any atom is -0.504 e. The highest BCUT2D eigenvalue weighted by molar-refractivity contribution is 5.88. The van der Waals surface area contributed by atoms with E-state index in [2.05, 4.69) is 0 Å². The molecule has 3 N–H and O–H groups in total. The number of benzene rings is 3. The molecule has 0 spiro atoms. The first-order chi connectivity index (χ1) is 17.2. The molecule has 0 radical (unpaired) electrons. The Morgan fingerprint density at radius 2 is 1.47 bits per heavy atom. The zero-order valence-electron chi connectivity index (χ0n) is 20.3. The van der Waals surface area contributed by atoms with Crippen molar-refractivity contribution in [2.45, 2.75) is 19.1 Å². The van der Waals surface area contributed by atoms with E-state index in [-0.39, 0.29) is 17.2 Å². The number of phenolic OH excluding ortho intramolecular Hbond substituents is 2. The first kappa shape index (κ1) is 26.2. The molecule has 0 amide bonds. The summed E-state index contributed by atoms with van der Waals surface area (Å²) in [6.07, 6.45) is 0.990. The topological polar surface area (TPSA) is 124 Å². The molecular weight excluding hydrogens is 468 g/mol. The van der Waals surface area contributed by atoms with E-state index in [4.69, 9.17) is 23.7 Å². The summed E-state index contributed by atoms with van der Waals surface area (Å²) >= 11 is 0. The number of carbonyl (C=O) groups excluding carboxylic acids is 1. The Kier molecular flexibility index (Phi) is 8.64. The molecule has 0 aliphatic heterocycles. The molecule has 3 aromatic carbocycles. The highest BCUT2D eigenvalue weighted by Crippen LogP contribution is 2.35. The Morgan fingerprint density at radius 1 is 0.806 bits per heavy atom.